The summed E-state index contributed by atoms with van der Waals surface area (Å²) < 4.78 is 0. The van der Waals surface area contributed by atoms with Gasteiger partial charge in [-0.15, -0.1) is 0 Å². The highest BCUT2D eigenvalue weighted by molar-refractivity contribution is 5.27. The predicted octanol–water partition coefficient (Wildman–Crippen LogP) is 4.65. The Morgan fingerprint density at radius 3 is 2.40 bits per heavy atom. The molecule has 2 aliphatic rings. The van der Waals surface area contributed by atoms with Crippen LogP contribution < -0.4 is 0 Å². The van der Waals surface area contributed by atoms with Crippen LogP contribution in [-0.4, -0.2) is 0 Å². The first-order chi connectivity index (χ1) is 7.16. The van der Waals surface area contributed by atoms with E-state index in [1.807, 2.05) is 0 Å². The lowest BCUT2D eigenvalue weighted by Gasteiger charge is -2.30. The fourth-order valence-electron chi connectivity index (χ4n) is 2.88. The van der Waals surface area contributed by atoms with Gasteiger partial charge in [-0.2, -0.15) is 0 Å². The molecule has 0 radical (unpaired) electrons. The summed E-state index contributed by atoms with van der Waals surface area (Å²) in [5, 5.41) is 0. The van der Waals surface area contributed by atoms with Crippen molar-refractivity contribution in [2.75, 3.05) is 0 Å². The fraction of sp³-hybridized carbons (Fsp3) is 0.600. The van der Waals surface area contributed by atoms with E-state index in [1.54, 1.807) is 11.1 Å². The van der Waals surface area contributed by atoms with Crippen LogP contribution in [0.15, 0.2) is 34.9 Å². The van der Waals surface area contributed by atoms with Gasteiger partial charge in [0.05, 0.1) is 0 Å². The summed E-state index contributed by atoms with van der Waals surface area (Å²) >= 11 is 0. The number of hydrogen-bond donors (Lipinski definition) is 0. The summed E-state index contributed by atoms with van der Waals surface area (Å²) in [6.07, 6.45) is 12.4. The van der Waals surface area contributed by atoms with Gasteiger partial charge < -0.3 is 0 Å². The number of rotatable bonds is 1. The van der Waals surface area contributed by atoms with Crippen molar-refractivity contribution in [3.8, 4) is 0 Å². The summed E-state index contributed by atoms with van der Waals surface area (Å²) in [4.78, 5) is 0. The molecule has 82 valence electrons. The van der Waals surface area contributed by atoms with Crippen molar-refractivity contribution in [1.29, 1.82) is 0 Å². The van der Waals surface area contributed by atoms with Gasteiger partial charge in [0.25, 0.3) is 0 Å². The van der Waals surface area contributed by atoms with Crippen molar-refractivity contribution < 1.29 is 0 Å². The first-order valence-electron chi connectivity index (χ1n) is 6.20. The minimum atomic E-state index is 0.747. The van der Waals surface area contributed by atoms with Gasteiger partial charge in [-0.1, -0.05) is 41.9 Å². The molecule has 0 fully saturated rings. The van der Waals surface area contributed by atoms with Crippen LogP contribution in [0.5, 0.6) is 0 Å². The monoisotopic (exact) mass is 202 g/mol. The van der Waals surface area contributed by atoms with Gasteiger partial charge in [0.15, 0.2) is 0 Å². The largest absolute Gasteiger partial charge is 0.0822 e. The van der Waals surface area contributed by atoms with Gasteiger partial charge in [-0.05, 0) is 51.4 Å². The molecule has 0 amide bonds. The first kappa shape index (κ1) is 10.7. The van der Waals surface area contributed by atoms with Crippen molar-refractivity contribution in [1.82, 2.24) is 0 Å². The maximum absolute atomic E-state index is 2.47. The Hall–Kier alpha value is -0.780. The zero-order chi connectivity index (χ0) is 10.8. The minimum absolute atomic E-state index is 0.747. The van der Waals surface area contributed by atoms with Crippen LogP contribution in [0.25, 0.3) is 0 Å². The molecule has 0 spiro atoms. The number of hydrogen-bond acceptors (Lipinski definition) is 0. The van der Waals surface area contributed by atoms with E-state index in [4.69, 9.17) is 0 Å². The van der Waals surface area contributed by atoms with Crippen molar-refractivity contribution in [3.05, 3.63) is 34.9 Å². The molecule has 0 aromatic rings. The molecule has 0 aliphatic heterocycles. The Balaban J connectivity index is 2.12. The summed E-state index contributed by atoms with van der Waals surface area (Å²) in [6.45, 7) is 6.88. The third-order valence-electron chi connectivity index (χ3n) is 3.90. The standard InChI is InChI=1S/C15H22/c1-11-4-7-14(8-5-11)15-9-6-12(2)10-13(15)3/h4,7,10,13,15H,5-6,8-9H2,1-3H3. The van der Waals surface area contributed by atoms with Gasteiger partial charge in [-0.3, -0.25) is 0 Å². The lowest BCUT2D eigenvalue weighted by atomic mass is 9.75. The molecule has 2 unspecified atom stereocenters. The Bertz CT molecular complexity index is 328. The van der Waals surface area contributed by atoms with Crippen LogP contribution in [0.1, 0.15) is 46.5 Å². The minimum Gasteiger partial charge on any atom is -0.0822 e. The molecular weight excluding hydrogens is 180 g/mol. The quantitative estimate of drug-likeness (QED) is 0.543. The van der Waals surface area contributed by atoms with Gasteiger partial charge in [0.1, 0.15) is 0 Å². The molecule has 0 aromatic carbocycles. The van der Waals surface area contributed by atoms with E-state index in [2.05, 4.69) is 39.0 Å². The molecule has 0 N–H and O–H groups in total. The summed E-state index contributed by atoms with van der Waals surface area (Å²) in [5.41, 5.74) is 4.81. The molecule has 0 aromatic heterocycles. The van der Waals surface area contributed by atoms with E-state index in [9.17, 15) is 0 Å². The van der Waals surface area contributed by atoms with Crippen LogP contribution in [-0.2, 0) is 0 Å². The van der Waals surface area contributed by atoms with Crippen molar-refractivity contribution in [3.63, 3.8) is 0 Å². The van der Waals surface area contributed by atoms with Gasteiger partial charge in [0.2, 0.25) is 0 Å². The predicted molar refractivity (Wildman–Crippen MR) is 66.7 cm³/mol. The molecule has 2 rings (SSSR count). The second-order valence-corrected chi connectivity index (χ2v) is 5.27. The average Bonchev–Trinajstić information content (AvgIpc) is 2.20. The van der Waals surface area contributed by atoms with E-state index < -0.39 is 0 Å². The SMILES string of the molecule is CC1=CC=C(C2CCC(C)=CC2C)CC1. The van der Waals surface area contributed by atoms with Crippen LogP contribution >= 0.6 is 0 Å². The Labute approximate surface area is 93.8 Å². The van der Waals surface area contributed by atoms with Crippen LogP contribution in [0, 0.1) is 11.8 Å². The molecule has 0 saturated heterocycles. The van der Waals surface area contributed by atoms with E-state index in [0.717, 1.165) is 11.8 Å². The molecule has 0 saturated carbocycles. The van der Waals surface area contributed by atoms with E-state index >= 15 is 0 Å². The zero-order valence-electron chi connectivity index (χ0n) is 10.2. The molecule has 0 heteroatoms. The normalized spacial score (nSPS) is 31.8. The molecular formula is C15H22. The van der Waals surface area contributed by atoms with E-state index in [0.29, 0.717) is 0 Å². The van der Waals surface area contributed by atoms with Crippen LogP contribution in [0.3, 0.4) is 0 Å². The fourth-order valence-corrected chi connectivity index (χ4v) is 2.88. The average molecular weight is 202 g/mol. The zero-order valence-corrected chi connectivity index (χ0v) is 10.2. The van der Waals surface area contributed by atoms with E-state index in [-0.39, 0.29) is 0 Å². The summed E-state index contributed by atoms with van der Waals surface area (Å²) in [5.74, 6) is 1.56. The smallest absolute Gasteiger partial charge is 0.0137 e. The first-order valence-corrected chi connectivity index (χ1v) is 6.20. The molecule has 0 nitrogen and oxygen atoms in total. The van der Waals surface area contributed by atoms with Gasteiger partial charge >= 0.3 is 0 Å². The summed E-state index contributed by atoms with van der Waals surface area (Å²) in [7, 11) is 0. The number of allylic oxidation sites excluding steroid dienone is 6. The molecule has 2 aliphatic carbocycles. The van der Waals surface area contributed by atoms with Gasteiger partial charge in [0, 0.05) is 0 Å². The molecule has 2 atom stereocenters. The van der Waals surface area contributed by atoms with Crippen molar-refractivity contribution in [2.24, 2.45) is 11.8 Å². The van der Waals surface area contributed by atoms with Gasteiger partial charge in [-0.25, -0.2) is 0 Å². The second kappa shape index (κ2) is 4.38. The Morgan fingerprint density at radius 1 is 1.00 bits per heavy atom. The molecule has 0 bridgehead atoms. The highest BCUT2D eigenvalue weighted by Gasteiger charge is 2.23. The van der Waals surface area contributed by atoms with Crippen LogP contribution in [0.4, 0.5) is 0 Å². The highest BCUT2D eigenvalue weighted by Crippen LogP contribution is 2.37. The van der Waals surface area contributed by atoms with E-state index in [1.165, 1.54) is 31.3 Å². The van der Waals surface area contributed by atoms with Crippen LogP contribution in [0.2, 0.25) is 0 Å². The Morgan fingerprint density at radius 2 is 1.80 bits per heavy atom. The maximum atomic E-state index is 2.47. The van der Waals surface area contributed by atoms with Crippen molar-refractivity contribution >= 4 is 0 Å². The summed E-state index contributed by atoms with van der Waals surface area (Å²) in [6, 6.07) is 0. The van der Waals surface area contributed by atoms with Crippen molar-refractivity contribution in [2.45, 2.75) is 46.5 Å². The second-order valence-electron chi connectivity index (χ2n) is 5.27. The maximum Gasteiger partial charge on any atom is -0.0137 e. The lowest BCUT2D eigenvalue weighted by Crippen LogP contribution is -2.18. The topological polar surface area (TPSA) is 0 Å². The third kappa shape index (κ3) is 2.42. The lowest BCUT2D eigenvalue weighted by molar-refractivity contribution is 0.414. The highest BCUT2D eigenvalue weighted by atomic mass is 14.3. The Kier molecular flexibility index (Phi) is 3.14. The molecule has 0 heterocycles. The third-order valence-corrected chi connectivity index (χ3v) is 3.90. The molecule has 15 heavy (non-hydrogen) atoms.